The van der Waals surface area contributed by atoms with Crippen LogP contribution in [0.4, 0.5) is 0 Å². The first-order valence-corrected chi connectivity index (χ1v) is 7.49. The highest BCUT2D eigenvalue weighted by Gasteiger charge is 2.24. The van der Waals surface area contributed by atoms with Gasteiger partial charge in [-0.05, 0) is 32.1 Å². The van der Waals surface area contributed by atoms with E-state index >= 15 is 0 Å². The summed E-state index contributed by atoms with van der Waals surface area (Å²) in [5.41, 5.74) is 0. The molecule has 0 aliphatic heterocycles. The van der Waals surface area contributed by atoms with Crippen LogP contribution in [-0.2, 0) is 10.1 Å². The van der Waals surface area contributed by atoms with Crippen LogP contribution in [0.15, 0.2) is 12.2 Å². The molecule has 0 saturated heterocycles. The van der Waals surface area contributed by atoms with Gasteiger partial charge in [-0.25, -0.2) is 0 Å². The van der Waals surface area contributed by atoms with Crippen LogP contribution < -0.4 is 0 Å². The van der Waals surface area contributed by atoms with Crippen LogP contribution in [0.3, 0.4) is 0 Å². The summed E-state index contributed by atoms with van der Waals surface area (Å²) in [5.74, 6) is 0.350. The van der Waals surface area contributed by atoms with Crippen molar-refractivity contribution < 1.29 is 13.0 Å². The Labute approximate surface area is 99.7 Å². The molecule has 0 aliphatic carbocycles. The average Bonchev–Trinajstić information content (AvgIpc) is 2.15. The van der Waals surface area contributed by atoms with Gasteiger partial charge in [-0.1, -0.05) is 38.8 Å². The molecule has 0 amide bonds. The van der Waals surface area contributed by atoms with Gasteiger partial charge < -0.3 is 0 Å². The van der Waals surface area contributed by atoms with Gasteiger partial charge in [-0.3, -0.25) is 4.55 Å². The molecule has 0 heterocycles. The van der Waals surface area contributed by atoms with Gasteiger partial charge >= 0.3 is 0 Å². The van der Waals surface area contributed by atoms with Crippen molar-refractivity contribution in [1.82, 2.24) is 0 Å². The molecule has 0 aromatic carbocycles. The molecule has 4 heteroatoms. The number of rotatable bonds is 8. The van der Waals surface area contributed by atoms with Crippen LogP contribution in [0.25, 0.3) is 0 Å². The number of hydrogen-bond donors (Lipinski definition) is 1. The Kier molecular flexibility index (Phi) is 7.68. The van der Waals surface area contributed by atoms with Gasteiger partial charge in [-0.15, -0.1) is 0 Å². The van der Waals surface area contributed by atoms with E-state index in [1.54, 1.807) is 0 Å². The summed E-state index contributed by atoms with van der Waals surface area (Å²) in [6.07, 6.45) is 7.67. The molecule has 3 nitrogen and oxygen atoms in total. The summed E-state index contributed by atoms with van der Waals surface area (Å²) in [6, 6.07) is 0. The van der Waals surface area contributed by atoms with Crippen molar-refractivity contribution in [2.75, 3.05) is 0 Å². The number of allylic oxidation sites excluding steroid dienone is 2. The zero-order chi connectivity index (χ0) is 12.6. The maximum Gasteiger partial charge on any atom is 0.267 e. The van der Waals surface area contributed by atoms with Gasteiger partial charge in [-0.2, -0.15) is 8.42 Å². The molecule has 0 fully saturated rings. The molecule has 96 valence electrons. The second kappa shape index (κ2) is 7.85. The average molecular weight is 248 g/mol. The standard InChI is InChI=1S/C12H24O3S/c1-4-6-7-9-12(16(13,14)15)10-11(3)8-5-2/h4,6,11-12H,5,7-10H2,1-3H3,(H,13,14,15)/b6-4+. The van der Waals surface area contributed by atoms with Gasteiger partial charge in [0.05, 0.1) is 5.25 Å². The lowest BCUT2D eigenvalue weighted by Crippen LogP contribution is -2.23. The van der Waals surface area contributed by atoms with E-state index in [1.165, 1.54) is 0 Å². The first-order valence-electron chi connectivity index (χ1n) is 5.99. The zero-order valence-corrected chi connectivity index (χ0v) is 11.3. The van der Waals surface area contributed by atoms with Crippen molar-refractivity contribution in [1.29, 1.82) is 0 Å². The fourth-order valence-corrected chi connectivity index (χ4v) is 2.90. The normalized spacial score (nSPS) is 16.5. The molecule has 0 bridgehead atoms. The predicted octanol–water partition coefficient (Wildman–Crippen LogP) is 3.43. The maximum absolute atomic E-state index is 11.2. The Morgan fingerprint density at radius 2 is 1.94 bits per heavy atom. The lowest BCUT2D eigenvalue weighted by molar-refractivity contribution is 0.416. The minimum absolute atomic E-state index is 0.350. The molecule has 2 atom stereocenters. The molecule has 0 saturated carbocycles. The van der Waals surface area contributed by atoms with E-state index in [0.717, 1.165) is 12.8 Å². The monoisotopic (exact) mass is 248 g/mol. The summed E-state index contributed by atoms with van der Waals surface area (Å²) in [6.45, 7) is 6.03. The van der Waals surface area contributed by atoms with E-state index in [1.807, 2.05) is 26.0 Å². The fourth-order valence-electron chi connectivity index (χ4n) is 1.90. The third-order valence-electron chi connectivity index (χ3n) is 2.76. The zero-order valence-electron chi connectivity index (χ0n) is 10.5. The van der Waals surface area contributed by atoms with E-state index in [4.69, 9.17) is 4.55 Å². The molecule has 0 aliphatic rings. The quantitative estimate of drug-likeness (QED) is 0.529. The Hall–Kier alpha value is -0.350. The van der Waals surface area contributed by atoms with Crippen LogP contribution >= 0.6 is 0 Å². The van der Waals surface area contributed by atoms with E-state index in [-0.39, 0.29) is 0 Å². The molecular formula is C12H24O3S. The first-order chi connectivity index (χ1) is 7.41. The SMILES string of the molecule is C/C=C/CCC(CC(C)CCC)S(=O)(=O)O. The second-order valence-corrected chi connectivity index (χ2v) is 6.11. The minimum atomic E-state index is -3.89. The predicted molar refractivity (Wildman–Crippen MR) is 68.1 cm³/mol. The highest BCUT2D eigenvalue weighted by molar-refractivity contribution is 7.86. The van der Waals surface area contributed by atoms with Gasteiger partial charge in [0, 0.05) is 0 Å². The van der Waals surface area contributed by atoms with E-state index in [2.05, 4.69) is 6.92 Å². The highest BCUT2D eigenvalue weighted by atomic mass is 32.2. The fraction of sp³-hybridized carbons (Fsp3) is 0.833. The van der Waals surface area contributed by atoms with Crippen molar-refractivity contribution in [3.8, 4) is 0 Å². The molecule has 0 rings (SSSR count). The molecule has 2 unspecified atom stereocenters. The summed E-state index contributed by atoms with van der Waals surface area (Å²) in [7, 11) is -3.89. The van der Waals surface area contributed by atoms with E-state index in [9.17, 15) is 8.42 Å². The minimum Gasteiger partial charge on any atom is -0.285 e. The van der Waals surface area contributed by atoms with Crippen molar-refractivity contribution in [3.05, 3.63) is 12.2 Å². The van der Waals surface area contributed by atoms with Crippen molar-refractivity contribution in [2.24, 2.45) is 5.92 Å². The Balaban J connectivity index is 4.33. The number of hydrogen-bond acceptors (Lipinski definition) is 2. The Morgan fingerprint density at radius 1 is 1.31 bits per heavy atom. The molecule has 16 heavy (non-hydrogen) atoms. The summed E-state index contributed by atoms with van der Waals surface area (Å²) < 4.78 is 31.5. The van der Waals surface area contributed by atoms with Crippen LogP contribution in [-0.4, -0.2) is 18.2 Å². The van der Waals surface area contributed by atoms with Gasteiger partial charge in [0.25, 0.3) is 10.1 Å². The van der Waals surface area contributed by atoms with E-state index < -0.39 is 15.4 Å². The highest BCUT2D eigenvalue weighted by Crippen LogP contribution is 2.20. The molecule has 1 N–H and O–H groups in total. The summed E-state index contributed by atoms with van der Waals surface area (Å²) >= 11 is 0. The van der Waals surface area contributed by atoms with Gasteiger partial charge in [0.15, 0.2) is 0 Å². The molecule has 0 aromatic rings. The molecule has 0 radical (unpaired) electrons. The van der Waals surface area contributed by atoms with E-state index in [0.29, 0.717) is 25.2 Å². The van der Waals surface area contributed by atoms with Crippen molar-refractivity contribution in [2.45, 2.75) is 58.1 Å². The first kappa shape index (κ1) is 15.7. The molecule has 0 aromatic heterocycles. The lowest BCUT2D eigenvalue weighted by Gasteiger charge is -2.17. The van der Waals surface area contributed by atoms with Crippen LogP contribution in [0.2, 0.25) is 0 Å². The van der Waals surface area contributed by atoms with Crippen LogP contribution in [0.1, 0.15) is 52.9 Å². The van der Waals surface area contributed by atoms with Crippen molar-refractivity contribution >= 4 is 10.1 Å². The smallest absolute Gasteiger partial charge is 0.267 e. The molecular weight excluding hydrogens is 224 g/mol. The summed E-state index contributed by atoms with van der Waals surface area (Å²) in [4.78, 5) is 0. The topological polar surface area (TPSA) is 54.4 Å². The molecule has 0 spiro atoms. The summed E-state index contributed by atoms with van der Waals surface area (Å²) in [5, 5.41) is -0.606. The second-order valence-electron chi connectivity index (χ2n) is 4.41. The Morgan fingerprint density at radius 3 is 2.38 bits per heavy atom. The largest absolute Gasteiger partial charge is 0.285 e. The third-order valence-corrected chi connectivity index (χ3v) is 4.03. The maximum atomic E-state index is 11.2. The lowest BCUT2D eigenvalue weighted by atomic mass is 9.98. The van der Waals surface area contributed by atoms with Gasteiger partial charge in [0.2, 0.25) is 0 Å². The third kappa shape index (κ3) is 7.01. The van der Waals surface area contributed by atoms with Crippen LogP contribution in [0.5, 0.6) is 0 Å². The van der Waals surface area contributed by atoms with Crippen LogP contribution in [0, 0.1) is 5.92 Å². The van der Waals surface area contributed by atoms with Gasteiger partial charge in [0.1, 0.15) is 0 Å². The Bertz CT molecular complexity index is 293. The van der Waals surface area contributed by atoms with Crippen molar-refractivity contribution in [3.63, 3.8) is 0 Å².